The van der Waals surface area contributed by atoms with E-state index in [-0.39, 0.29) is 0 Å². The van der Waals surface area contributed by atoms with Crippen molar-refractivity contribution in [1.29, 1.82) is 5.26 Å². The predicted octanol–water partition coefficient (Wildman–Crippen LogP) is 3.12. The molecule has 0 aliphatic carbocycles. The highest BCUT2D eigenvalue weighted by molar-refractivity contribution is 7.98. The van der Waals surface area contributed by atoms with Crippen molar-refractivity contribution >= 4 is 17.4 Å². The Morgan fingerprint density at radius 1 is 1.41 bits per heavy atom. The van der Waals surface area contributed by atoms with E-state index >= 15 is 0 Å². The van der Waals surface area contributed by atoms with E-state index in [4.69, 9.17) is 10.00 Å². The Kier molecular flexibility index (Phi) is 6.53. The zero-order valence-electron chi connectivity index (χ0n) is 10.3. The SMILES string of the molecule is COCCCCNc1cccc(SC)c1C#N. The fourth-order valence-corrected chi connectivity index (χ4v) is 2.13. The second kappa shape index (κ2) is 7.99. The summed E-state index contributed by atoms with van der Waals surface area (Å²) in [6.45, 7) is 1.66. The summed E-state index contributed by atoms with van der Waals surface area (Å²) in [6.07, 6.45) is 4.06. The lowest BCUT2D eigenvalue weighted by molar-refractivity contribution is 0.194. The van der Waals surface area contributed by atoms with Gasteiger partial charge in [-0.25, -0.2) is 0 Å². The zero-order chi connectivity index (χ0) is 12.5. The molecular formula is C13H18N2OS. The van der Waals surface area contributed by atoms with Crippen molar-refractivity contribution in [3.8, 4) is 6.07 Å². The number of nitriles is 1. The molecule has 1 rings (SSSR count). The van der Waals surface area contributed by atoms with Crippen LogP contribution in [0.2, 0.25) is 0 Å². The molecule has 0 spiro atoms. The summed E-state index contributed by atoms with van der Waals surface area (Å²) in [4.78, 5) is 1.02. The molecule has 1 aromatic rings. The lowest BCUT2D eigenvalue weighted by Crippen LogP contribution is -2.04. The number of thioether (sulfide) groups is 1. The van der Waals surface area contributed by atoms with Crippen LogP contribution in [0.5, 0.6) is 0 Å². The monoisotopic (exact) mass is 250 g/mol. The van der Waals surface area contributed by atoms with Gasteiger partial charge in [-0.15, -0.1) is 11.8 Å². The van der Waals surface area contributed by atoms with Gasteiger partial charge in [-0.1, -0.05) is 6.07 Å². The van der Waals surface area contributed by atoms with Crippen molar-refractivity contribution in [2.75, 3.05) is 31.8 Å². The number of nitrogens with zero attached hydrogens (tertiary/aromatic N) is 1. The number of ether oxygens (including phenoxy) is 1. The molecule has 0 amide bonds. The highest BCUT2D eigenvalue weighted by Crippen LogP contribution is 2.26. The molecule has 0 fully saturated rings. The smallest absolute Gasteiger partial charge is 0.102 e. The van der Waals surface area contributed by atoms with E-state index in [1.807, 2.05) is 24.5 Å². The third-order valence-corrected chi connectivity index (χ3v) is 3.23. The van der Waals surface area contributed by atoms with Gasteiger partial charge in [0.2, 0.25) is 0 Å². The van der Waals surface area contributed by atoms with E-state index in [1.165, 1.54) is 0 Å². The third-order valence-electron chi connectivity index (χ3n) is 2.45. The molecule has 0 radical (unpaired) electrons. The molecule has 0 bridgehead atoms. The molecule has 17 heavy (non-hydrogen) atoms. The highest BCUT2D eigenvalue weighted by atomic mass is 32.2. The average molecular weight is 250 g/mol. The molecule has 3 nitrogen and oxygen atoms in total. The van der Waals surface area contributed by atoms with Crippen molar-refractivity contribution in [3.05, 3.63) is 23.8 Å². The summed E-state index contributed by atoms with van der Waals surface area (Å²) in [5.41, 5.74) is 1.67. The Morgan fingerprint density at radius 2 is 2.24 bits per heavy atom. The van der Waals surface area contributed by atoms with Gasteiger partial charge in [0.25, 0.3) is 0 Å². The normalized spacial score (nSPS) is 9.94. The number of unbranched alkanes of at least 4 members (excludes halogenated alkanes) is 1. The Balaban J connectivity index is 2.56. The van der Waals surface area contributed by atoms with Gasteiger partial charge in [0.1, 0.15) is 6.07 Å². The van der Waals surface area contributed by atoms with E-state index in [9.17, 15) is 0 Å². The number of methoxy groups -OCH3 is 1. The number of anilines is 1. The molecule has 92 valence electrons. The molecule has 0 unspecified atom stereocenters. The van der Waals surface area contributed by atoms with Gasteiger partial charge in [0.15, 0.2) is 0 Å². The van der Waals surface area contributed by atoms with E-state index < -0.39 is 0 Å². The second-order valence-corrected chi connectivity index (χ2v) is 4.47. The largest absolute Gasteiger partial charge is 0.385 e. The first-order valence-electron chi connectivity index (χ1n) is 5.63. The van der Waals surface area contributed by atoms with Crippen molar-refractivity contribution in [2.45, 2.75) is 17.7 Å². The highest BCUT2D eigenvalue weighted by Gasteiger charge is 2.06. The topological polar surface area (TPSA) is 45.0 Å². The molecule has 0 heterocycles. The zero-order valence-corrected chi connectivity index (χ0v) is 11.1. The van der Waals surface area contributed by atoms with Gasteiger partial charge in [-0.05, 0) is 31.2 Å². The summed E-state index contributed by atoms with van der Waals surface area (Å²) in [5, 5.41) is 12.5. The first-order valence-corrected chi connectivity index (χ1v) is 6.86. The van der Waals surface area contributed by atoms with E-state index in [1.54, 1.807) is 18.9 Å². The van der Waals surface area contributed by atoms with Crippen molar-refractivity contribution in [3.63, 3.8) is 0 Å². The second-order valence-electron chi connectivity index (χ2n) is 3.62. The van der Waals surface area contributed by atoms with Crippen LogP contribution in [-0.4, -0.2) is 26.5 Å². The number of hydrogen-bond donors (Lipinski definition) is 1. The van der Waals surface area contributed by atoms with Crippen molar-refractivity contribution < 1.29 is 4.74 Å². The molecule has 1 aromatic carbocycles. The molecule has 0 aromatic heterocycles. The quantitative estimate of drug-likeness (QED) is 0.596. The van der Waals surface area contributed by atoms with Crippen LogP contribution in [0.25, 0.3) is 0 Å². The molecule has 0 aliphatic rings. The molecule has 4 heteroatoms. The van der Waals surface area contributed by atoms with Crippen LogP contribution >= 0.6 is 11.8 Å². The standard InChI is InChI=1S/C13H18N2OS/c1-16-9-4-3-8-15-12-6-5-7-13(17-2)11(12)10-14/h5-7,15H,3-4,8-9H2,1-2H3. The molecular weight excluding hydrogens is 232 g/mol. The van der Waals surface area contributed by atoms with Crippen molar-refractivity contribution in [2.24, 2.45) is 0 Å². The molecule has 0 saturated carbocycles. The molecule has 0 aliphatic heterocycles. The van der Waals surface area contributed by atoms with Gasteiger partial charge >= 0.3 is 0 Å². The minimum Gasteiger partial charge on any atom is -0.385 e. The van der Waals surface area contributed by atoms with Crippen LogP contribution in [0.4, 0.5) is 5.69 Å². The first-order chi connectivity index (χ1) is 8.33. The summed E-state index contributed by atoms with van der Waals surface area (Å²) >= 11 is 1.60. The van der Waals surface area contributed by atoms with Crippen LogP contribution in [-0.2, 0) is 4.74 Å². The molecule has 1 N–H and O–H groups in total. The molecule has 0 atom stereocenters. The Hall–Kier alpha value is -1.18. The minimum atomic E-state index is 0.742. The van der Waals surface area contributed by atoms with Gasteiger partial charge < -0.3 is 10.1 Å². The van der Waals surface area contributed by atoms with E-state index in [0.717, 1.165) is 42.1 Å². The van der Waals surface area contributed by atoms with Crippen molar-refractivity contribution in [1.82, 2.24) is 0 Å². The number of nitrogens with one attached hydrogen (secondary N) is 1. The maximum absolute atomic E-state index is 9.15. The van der Waals surface area contributed by atoms with E-state index in [0.29, 0.717) is 0 Å². The maximum atomic E-state index is 9.15. The average Bonchev–Trinajstić information content (AvgIpc) is 2.38. The molecule has 0 saturated heterocycles. The third kappa shape index (κ3) is 4.29. The fourth-order valence-electron chi connectivity index (χ4n) is 1.56. The Bertz CT molecular complexity index is 387. The van der Waals surface area contributed by atoms with Gasteiger partial charge in [-0.3, -0.25) is 0 Å². The van der Waals surface area contributed by atoms with Crippen LogP contribution in [0.1, 0.15) is 18.4 Å². The van der Waals surface area contributed by atoms with Crippen LogP contribution in [0.15, 0.2) is 23.1 Å². The lowest BCUT2D eigenvalue weighted by atomic mass is 10.2. The number of hydrogen-bond acceptors (Lipinski definition) is 4. The Labute approximate surface area is 107 Å². The van der Waals surface area contributed by atoms with Crippen LogP contribution < -0.4 is 5.32 Å². The van der Waals surface area contributed by atoms with Gasteiger partial charge in [0.05, 0.1) is 11.3 Å². The van der Waals surface area contributed by atoms with E-state index in [2.05, 4.69) is 11.4 Å². The fraction of sp³-hybridized carbons (Fsp3) is 0.462. The predicted molar refractivity (Wildman–Crippen MR) is 72.5 cm³/mol. The number of benzene rings is 1. The summed E-state index contributed by atoms with van der Waals surface area (Å²) in [5.74, 6) is 0. The summed E-state index contributed by atoms with van der Waals surface area (Å²) < 4.78 is 4.99. The van der Waals surface area contributed by atoms with Gasteiger partial charge in [0, 0.05) is 25.2 Å². The summed E-state index contributed by atoms with van der Waals surface area (Å²) in [6, 6.07) is 8.16. The van der Waals surface area contributed by atoms with Gasteiger partial charge in [-0.2, -0.15) is 5.26 Å². The summed E-state index contributed by atoms with van der Waals surface area (Å²) in [7, 11) is 1.71. The lowest BCUT2D eigenvalue weighted by Gasteiger charge is -2.10. The first kappa shape index (κ1) is 13.9. The maximum Gasteiger partial charge on any atom is 0.102 e. The minimum absolute atomic E-state index is 0.742. The van der Waals surface area contributed by atoms with Crippen LogP contribution in [0.3, 0.4) is 0 Å². The van der Waals surface area contributed by atoms with Crippen LogP contribution in [0, 0.1) is 11.3 Å². The number of rotatable bonds is 7. The Morgan fingerprint density at radius 3 is 2.88 bits per heavy atom.